The van der Waals surface area contributed by atoms with Gasteiger partial charge >= 0.3 is 0 Å². The number of carbonyl (C=O) groups is 4. The minimum absolute atomic E-state index is 0.0410. The molecule has 190 valence electrons. The first-order valence-electron chi connectivity index (χ1n) is 11.6. The van der Waals surface area contributed by atoms with E-state index < -0.39 is 0 Å². The maximum absolute atomic E-state index is 10.0. The molecule has 2 aromatic rings. The first-order valence-corrected chi connectivity index (χ1v) is 11.6. The minimum atomic E-state index is -0.329. The average Bonchev–Trinajstić information content (AvgIpc) is 3.37. The number of nitrogen functional groups attached to an aromatic ring is 1. The Morgan fingerprint density at radius 2 is 1.28 bits per heavy atom. The van der Waals surface area contributed by atoms with Crippen LogP contribution in [-0.4, -0.2) is 23.6 Å². The standard InChI is InChI=1S/C20H27NO.2C4H3NO2/c1-6-7-15-13-18(20(3,4)5)19(12-14(15)2)22-17-10-8-16(21)9-11-17;2*6-3-1-2-4(7)5-3/h8-13H,6-7,21H2,1-5H3;2*1-2H,(H,5,6,7). The smallest absolute Gasteiger partial charge is 0.250 e. The number of benzene rings is 2. The van der Waals surface area contributed by atoms with Crippen LogP contribution in [0.3, 0.4) is 0 Å². The first-order chi connectivity index (χ1) is 16.9. The molecule has 0 aliphatic carbocycles. The molecule has 0 atom stereocenters. The van der Waals surface area contributed by atoms with Crippen LogP contribution in [0, 0.1) is 6.92 Å². The van der Waals surface area contributed by atoms with Crippen LogP contribution in [0.25, 0.3) is 0 Å². The number of aryl methyl sites for hydroxylation is 2. The van der Waals surface area contributed by atoms with Crippen LogP contribution >= 0.6 is 0 Å². The van der Waals surface area contributed by atoms with Crippen molar-refractivity contribution in [3.63, 3.8) is 0 Å². The fourth-order valence-electron chi connectivity index (χ4n) is 3.31. The monoisotopic (exact) mass is 491 g/mol. The van der Waals surface area contributed by atoms with Gasteiger partial charge in [-0.2, -0.15) is 0 Å². The number of amides is 4. The van der Waals surface area contributed by atoms with Crippen LogP contribution in [0.2, 0.25) is 0 Å². The number of ether oxygens (including phenoxy) is 1. The van der Waals surface area contributed by atoms with E-state index in [0.29, 0.717) is 0 Å². The summed E-state index contributed by atoms with van der Waals surface area (Å²) in [6, 6.07) is 12.0. The molecular weight excluding hydrogens is 458 g/mol. The maximum atomic E-state index is 10.0. The molecular formula is C28H33N3O5. The largest absolute Gasteiger partial charge is 0.457 e. The summed E-state index contributed by atoms with van der Waals surface area (Å²) < 4.78 is 6.15. The van der Waals surface area contributed by atoms with Crippen molar-refractivity contribution >= 4 is 29.3 Å². The highest BCUT2D eigenvalue weighted by Crippen LogP contribution is 2.36. The van der Waals surface area contributed by atoms with Gasteiger partial charge in [0.2, 0.25) is 0 Å². The molecule has 0 radical (unpaired) electrons. The predicted molar refractivity (Wildman–Crippen MR) is 139 cm³/mol. The second-order valence-corrected chi connectivity index (χ2v) is 9.32. The number of hydrogen-bond acceptors (Lipinski definition) is 6. The zero-order chi connectivity index (χ0) is 26.9. The Morgan fingerprint density at radius 3 is 1.64 bits per heavy atom. The second kappa shape index (κ2) is 12.5. The molecule has 0 saturated carbocycles. The van der Waals surface area contributed by atoms with E-state index in [0.717, 1.165) is 30.0 Å². The molecule has 0 fully saturated rings. The second-order valence-electron chi connectivity index (χ2n) is 9.32. The first kappa shape index (κ1) is 28.0. The molecule has 0 bridgehead atoms. The third-order valence-electron chi connectivity index (χ3n) is 5.14. The third-order valence-corrected chi connectivity index (χ3v) is 5.14. The van der Waals surface area contributed by atoms with Crippen LogP contribution in [0.5, 0.6) is 11.5 Å². The lowest BCUT2D eigenvalue weighted by atomic mass is 9.84. The lowest BCUT2D eigenvalue weighted by Crippen LogP contribution is -2.19. The number of nitrogens with two attached hydrogens (primary N) is 1. The molecule has 2 aliphatic heterocycles. The maximum Gasteiger partial charge on any atom is 0.250 e. The third kappa shape index (κ3) is 8.87. The number of rotatable bonds is 4. The molecule has 0 unspecified atom stereocenters. The number of imide groups is 2. The molecule has 4 N–H and O–H groups in total. The van der Waals surface area contributed by atoms with Gasteiger partial charge in [0.15, 0.2) is 0 Å². The van der Waals surface area contributed by atoms with Crippen molar-refractivity contribution < 1.29 is 23.9 Å². The summed E-state index contributed by atoms with van der Waals surface area (Å²) in [5.41, 5.74) is 10.5. The van der Waals surface area contributed by atoms with Gasteiger partial charge in [0.1, 0.15) is 11.5 Å². The minimum Gasteiger partial charge on any atom is -0.457 e. The molecule has 0 saturated heterocycles. The van der Waals surface area contributed by atoms with Crippen molar-refractivity contribution in [2.24, 2.45) is 0 Å². The Morgan fingerprint density at radius 1 is 0.806 bits per heavy atom. The fraction of sp³-hybridized carbons (Fsp3) is 0.286. The van der Waals surface area contributed by atoms with Gasteiger partial charge in [-0.05, 0) is 60.2 Å². The van der Waals surface area contributed by atoms with Crippen molar-refractivity contribution in [2.75, 3.05) is 5.73 Å². The molecule has 4 rings (SSSR count). The van der Waals surface area contributed by atoms with Crippen molar-refractivity contribution in [2.45, 2.75) is 52.9 Å². The van der Waals surface area contributed by atoms with Gasteiger partial charge < -0.3 is 10.5 Å². The summed E-state index contributed by atoms with van der Waals surface area (Å²) in [5, 5.41) is 4.06. The summed E-state index contributed by atoms with van der Waals surface area (Å²) in [5.74, 6) is 0.446. The Hall–Kier alpha value is -4.20. The molecule has 2 heterocycles. The van der Waals surface area contributed by atoms with Crippen LogP contribution in [0.4, 0.5) is 5.69 Å². The predicted octanol–water partition coefficient (Wildman–Crippen LogP) is 4.02. The van der Waals surface area contributed by atoms with E-state index in [1.54, 1.807) is 0 Å². The Labute approximate surface area is 211 Å². The quantitative estimate of drug-likeness (QED) is 0.438. The van der Waals surface area contributed by atoms with Crippen LogP contribution in [0.1, 0.15) is 50.8 Å². The van der Waals surface area contributed by atoms with Gasteiger partial charge in [0.05, 0.1) is 0 Å². The van der Waals surface area contributed by atoms with Crippen LogP contribution < -0.4 is 21.1 Å². The summed E-state index contributed by atoms with van der Waals surface area (Å²) in [6.07, 6.45) is 7.05. The lowest BCUT2D eigenvalue weighted by Gasteiger charge is -2.25. The van der Waals surface area contributed by atoms with Gasteiger partial charge in [-0.3, -0.25) is 29.8 Å². The van der Waals surface area contributed by atoms with E-state index in [1.165, 1.54) is 41.0 Å². The van der Waals surface area contributed by atoms with Gasteiger partial charge in [0.25, 0.3) is 23.6 Å². The lowest BCUT2D eigenvalue weighted by molar-refractivity contribution is -0.125. The molecule has 8 nitrogen and oxygen atoms in total. The zero-order valence-electron chi connectivity index (χ0n) is 21.3. The molecule has 36 heavy (non-hydrogen) atoms. The molecule has 0 spiro atoms. The van der Waals surface area contributed by atoms with E-state index in [4.69, 9.17) is 10.5 Å². The average molecular weight is 492 g/mol. The number of carbonyl (C=O) groups excluding carboxylic acids is 4. The van der Waals surface area contributed by atoms with Gasteiger partial charge in [-0.25, -0.2) is 0 Å². The van der Waals surface area contributed by atoms with Crippen molar-refractivity contribution in [1.82, 2.24) is 10.6 Å². The molecule has 2 aliphatic rings. The highest BCUT2D eigenvalue weighted by Gasteiger charge is 2.21. The molecule has 4 amide bonds. The van der Waals surface area contributed by atoms with Crippen LogP contribution in [0.15, 0.2) is 60.7 Å². The molecule has 0 aromatic heterocycles. The summed E-state index contributed by atoms with van der Waals surface area (Å²) >= 11 is 0. The molecule has 8 heteroatoms. The normalized spacial score (nSPS) is 13.9. The van der Waals surface area contributed by atoms with E-state index in [1.807, 2.05) is 34.9 Å². The van der Waals surface area contributed by atoms with E-state index in [-0.39, 0.29) is 29.0 Å². The van der Waals surface area contributed by atoms with Gasteiger partial charge in [-0.1, -0.05) is 40.2 Å². The van der Waals surface area contributed by atoms with E-state index >= 15 is 0 Å². The topological polar surface area (TPSA) is 128 Å². The summed E-state index contributed by atoms with van der Waals surface area (Å²) in [6.45, 7) is 11.1. The highest BCUT2D eigenvalue weighted by atomic mass is 16.5. The van der Waals surface area contributed by atoms with Crippen molar-refractivity contribution in [3.05, 3.63) is 77.4 Å². The zero-order valence-corrected chi connectivity index (χ0v) is 21.3. The Bertz CT molecular complexity index is 1120. The SMILES string of the molecule is CCCc1cc(C(C)(C)C)c(Oc2ccc(N)cc2)cc1C.O=C1C=CC(=O)N1.O=C1C=CC(=O)N1. The van der Waals surface area contributed by atoms with Crippen molar-refractivity contribution in [3.8, 4) is 11.5 Å². The van der Waals surface area contributed by atoms with E-state index in [2.05, 4.69) is 46.8 Å². The fourth-order valence-corrected chi connectivity index (χ4v) is 3.31. The summed E-state index contributed by atoms with van der Waals surface area (Å²) in [7, 11) is 0. The summed E-state index contributed by atoms with van der Waals surface area (Å²) in [4.78, 5) is 40.1. The number of anilines is 1. The van der Waals surface area contributed by atoms with Crippen molar-refractivity contribution in [1.29, 1.82) is 0 Å². The highest BCUT2D eigenvalue weighted by molar-refractivity contribution is 6.13. The van der Waals surface area contributed by atoms with E-state index in [9.17, 15) is 19.2 Å². The Balaban J connectivity index is 0.000000262. The van der Waals surface area contributed by atoms with Gasteiger partial charge in [0, 0.05) is 35.6 Å². The van der Waals surface area contributed by atoms with Crippen LogP contribution in [-0.2, 0) is 31.0 Å². The number of hydrogen-bond donors (Lipinski definition) is 3. The number of nitrogens with one attached hydrogen (secondary N) is 2. The van der Waals surface area contributed by atoms with Gasteiger partial charge in [-0.15, -0.1) is 0 Å². The molecule has 2 aromatic carbocycles. The Kier molecular flexibility index (Phi) is 9.73.